The highest BCUT2D eigenvalue weighted by Crippen LogP contribution is 2.39. The number of carbonyl (C=O) groups is 1. The minimum atomic E-state index is -0.0363. The lowest BCUT2D eigenvalue weighted by Gasteiger charge is -2.22. The van der Waals surface area contributed by atoms with Gasteiger partial charge in [0.1, 0.15) is 5.76 Å². The Balaban J connectivity index is 1.78. The van der Waals surface area contributed by atoms with Crippen molar-refractivity contribution in [1.29, 1.82) is 0 Å². The van der Waals surface area contributed by atoms with Gasteiger partial charge in [-0.2, -0.15) is 0 Å². The molecule has 0 aromatic carbocycles. The van der Waals surface area contributed by atoms with Crippen molar-refractivity contribution in [2.45, 2.75) is 32.2 Å². The van der Waals surface area contributed by atoms with Gasteiger partial charge in [-0.3, -0.25) is 9.78 Å². The summed E-state index contributed by atoms with van der Waals surface area (Å²) < 4.78 is 10.5. The van der Waals surface area contributed by atoms with Crippen molar-refractivity contribution >= 4 is 5.91 Å². The van der Waals surface area contributed by atoms with E-state index < -0.39 is 0 Å². The van der Waals surface area contributed by atoms with Gasteiger partial charge in [-0.25, -0.2) is 0 Å². The lowest BCUT2D eigenvalue weighted by Crippen LogP contribution is -2.34. The van der Waals surface area contributed by atoms with Crippen LogP contribution in [0, 0.1) is 6.92 Å². The maximum absolute atomic E-state index is 12.9. The van der Waals surface area contributed by atoms with Gasteiger partial charge in [0.05, 0.1) is 30.7 Å². The molecule has 0 radical (unpaired) electrons. The monoisotopic (exact) mass is 314 g/mol. The normalized spacial score (nSPS) is 14.0. The van der Waals surface area contributed by atoms with E-state index in [0.717, 1.165) is 17.1 Å². The van der Waals surface area contributed by atoms with Gasteiger partial charge in [-0.05, 0) is 44.0 Å². The molecule has 23 heavy (non-hydrogen) atoms. The van der Waals surface area contributed by atoms with Crippen LogP contribution in [-0.2, 0) is 11.3 Å². The number of rotatable bonds is 7. The zero-order valence-corrected chi connectivity index (χ0v) is 13.6. The molecular formula is C18H22N2O3. The molecule has 0 bridgehead atoms. The second-order valence-electron chi connectivity index (χ2n) is 5.94. The summed E-state index contributed by atoms with van der Waals surface area (Å²) in [6.45, 7) is 3.33. The molecule has 3 rings (SSSR count). The number of hydrogen-bond acceptors (Lipinski definition) is 4. The first-order chi connectivity index (χ1) is 11.2. The quantitative estimate of drug-likeness (QED) is 0.788. The Morgan fingerprint density at radius 1 is 1.39 bits per heavy atom. The van der Waals surface area contributed by atoms with E-state index in [-0.39, 0.29) is 5.91 Å². The van der Waals surface area contributed by atoms with Crippen molar-refractivity contribution in [2.75, 3.05) is 20.3 Å². The van der Waals surface area contributed by atoms with Crippen LogP contribution in [0.15, 0.2) is 34.9 Å². The van der Waals surface area contributed by atoms with Gasteiger partial charge in [-0.1, -0.05) is 0 Å². The molecule has 0 N–H and O–H groups in total. The van der Waals surface area contributed by atoms with Crippen LogP contribution in [-0.4, -0.2) is 36.1 Å². The second-order valence-corrected chi connectivity index (χ2v) is 5.94. The molecule has 122 valence electrons. The maximum atomic E-state index is 12.9. The van der Waals surface area contributed by atoms with Gasteiger partial charge in [0.2, 0.25) is 0 Å². The number of furan rings is 1. The van der Waals surface area contributed by atoms with Crippen LogP contribution in [0.2, 0.25) is 0 Å². The number of aryl methyl sites for hydroxylation is 1. The molecule has 2 heterocycles. The smallest absolute Gasteiger partial charge is 0.256 e. The fourth-order valence-electron chi connectivity index (χ4n) is 2.63. The minimum absolute atomic E-state index is 0.0363. The predicted molar refractivity (Wildman–Crippen MR) is 86.3 cm³/mol. The van der Waals surface area contributed by atoms with Gasteiger partial charge in [0, 0.05) is 25.3 Å². The Morgan fingerprint density at radius 2 is 2.22 bits per heavy atom. The number of pyridine rings is 1. The molecule has 0 aliphatic heterocycles. The number of amides is 1. The summed E-state index contributed by atoms with van der Waals surface area (Å²) >= 11 is 0. The third-order valence-electron chi connectivity index (χ3n) is 4.11. The number of methoxy groups -OCH3 is 1. The average Bonchev–Trinajstić information content (AvgIpc) is 3.28. The molecule has 2 aromatic heterocycles. The standard InChI is InChI=1S/C18H22N2O3/c1-13-16(7-8-17(19-13)14-5-6-14)18(21)20(9-11-22-2)12-15-4-3-10-23-15/h3-4,7-8,10,14H,5-6,9,11-12H2,1-2H3. The van der Waals surface area contributed by atoms with E-state index >= 15 is 0 Å². The highest BCUT2D eigenvalue weighted by atomic mass is 16.5. The van der Waals surface area contributed by atoms with Crippen LogP contribution < -0.4 is 0 Å². The van der Waals surface area contributed by atoms with E-state index in [1.165, 1.54) is 12.8 Å². The fourth-order valence-corrected chi connectivity index (χ4v) is 2.63. The highest BCUT2D eigenvalue weighted by molar-refractivity contribution is 5.95. The number of aromatic nitrogens is 1. The Hall–Kier alpha value is -2.14. The van der Waals surface area contributed by atoms with Crippen LogP contribution in [0.3, 0.4) is 0 Å². The highest BCUT2D eigenvalue weighted by Gasteiger charge is 2.26. The van der Waals surface area contributed by atoms with Crippen LogP contribution in [0.1, 0.15) is 46.3 Å². The molecule has 1 aliphatic carbocycles. The molecular weight excluding hydrogens is 292 g/mol. The summed E-state index contributed by atoms with van der Waals surface area (Å²) in [6.07, 6.45) is 4.03. The fraction of sp³-hybridized carbons (Fsp3) is 0.444. The summed E-state index contributed by atoms with van der Waals surface area (Å²) in [6, 6.07) is 7.58. The van der Waals surface area contributed by atoms with E-state index in [0.29, 0.717) is 31.2 Å². The van der Waals surface area contributed by atoms with E-state index in [1.807, 2.05) is 31.2 Å². The average molecular weight is 314 g/mol. The molecule has 0 spiro atoms. The molecule has 1 fully saturated rings. The van der Waals surface area contributed by atoms with Crippen molar-refractivity contribution in [2.24, 2.45) is 0 Å². The van der Waals surface area contributed by atoms with Gasteiger partial charge in [0.15, 0.2) is 0 Å². The van der Waals surface area contributed by atoms with Crippen molar-refractivity contribution in [3.8, 4) is 0 Å². The first-order valence-corrected chi connectivity index (χ1v) is 7.97. The first-order valence-electron chi connectivity index (χ1n) is 7.97. The largest absolute Gasteiger partial charge is 0.467 e. The number of nitrogens with zero attached hydrogens (tertiary/aromatic N) is 2. The molecule has 0 saturated heterocycles. The van der Waals surface area contributed by atoms with Gasteiger partial charge >= 0.3 is 0 Å². The van der Waals surface area contributed by atoms with Crippen LogP contribution in [0.4, 0.5) is 0 Å². The molecule has 1 aliphatic rings. The number of carbonyl (C=O) groups excluding carboxylic acids is 1. The zero-order valence-electron chi connectivity index (χ0n) is 13.6. The van der Waals surface area contributed by atoms with Gasteiger partial charge < -0.3 is 14.1 Å². The SMILES string of the molecule is COCCN(Cc1ccco1)C(=O)c1ccc(C2CC2)nc1C. The summed E-state index contributed by atoms with van der Waals surface area (Å²) in [7, 11) is 1.63. The summed E-state index contributed by atoms with van der Waals surface area (Å²) in [5.74, 6) is 1.31. The van der Waals surface area contributed by atoms with Crippen molar-refractivity contribution < 1.29 is 13.9 Å². The molecule has 1 amide bonds. The summed E-state index contributed by atoms with van der Waals surface area (Å²) in [4.78, 5) is 19.2. The molecule has 5 nitrogen and oxygen atoms in total. The van der Waals surface area contributed by atoms with Crippen LogP contribution >= 0.6 is 0 Å². The second kappa shape index (κ2) is 6.96. The van der Waals surface area contributed by atoms with Crippen LogP contribution in [0.25, 0.3) is 0 Å². The minimum Gasteiger partial charge on any atom is -0.467 e. The van der Waals surface area contributed by atoms with Gasteiger partial charge in [-0.15, -0.1) is 0 Å². The lowest BCUT2D eigenvalue weighted by molar-refractivity contribution is 0.0665. The number of hydrogen-bond donors (Lipinski definition) is 0. The van der Waals surface area contributed by atoms with Crippen molar-refractivity contribution in [3.05, 3.63) is 53.2 Å². The van der Waals surface area contributed by atoms with Crippen LogP contribution in [0.5, 0.6) is 0 Å². The van der Waals surface area contributed by atoms with Crippen molar-refractivity contribution in [3.63, 3.8) is 0 Å². The molecule has 5 heteroatoms. The maximum Gasteiger partial charge on any atom is 0.256 e. The number of ether oxygens (including phenoxy) is 1. The lowest BCUT2D eigenvalue weighted by atomic mass is 10.1. The van der Waals surface area contributed by atoms with E-state index in [9.17, 15) is 4.79 Å². The first kappa shape index (κ1) is 15.7. The Labute approximate surface area is 136 Å². The van der Waals surface area contributed by atoms with E-state index in [1.54, 1.807) is 18.3 Å². The molecule has 2 aromatic rings. The van der Waals surface area contributed by atoms with Gasteiger partial charge in [0.25, 0.3) is 5.91 Å². The van der Waals surface area contributed by atoms with E-state index in [4.69, 9.17) is 9.15 Å². The Kier molecular flexibility index (Phi) is 4.76. The zero-order chi connectivity index (χ0) is 16.2. The Morgan fingerprint density at radius 3 is 2.83 bits per heavy atom. The van der Waals surface area contributed by atoms with Crippen molar-refractivity contribution in [1.82, 2.24) is 9.88 Å². The topological polar surface area (TPSA) is 55.6 Å². The van der Waals surface area contributed by atoms with E-state index in [2.05, 4.69) is 4.98 Å². The predicted octanol–water partition coefficient (Wildman–Crippen LogP) is 3.15. The third-order valence-corrected chi connectivity index (χ3v) is 4.11. The Bertz CT molecular complexity index is 663. The summed E-state index contributed by atoms with van der Waals surface area (Å²) in [5.41, 5.74) is 2.55. The third kappa shape index (κ3) is 3.79. The summed E-state index contributed by atoms with van der Waals surface area (Å²) in [5, 5.41) is 0. The molecule has 0 unspecified atom stereocenters. The molecule has 0 atom stereocenters. The molecule has 1 saturated carbocycles.